The average Bonchev–Trinajstić information content (AvgIpc) is 2.97. The number of benzene rings is 1. The van der Waals surface area contributed by atoms with Gasteiger partial charge in [0.1, 0.15) is 5.58 Å². The van der Waals surface area contributed by atoms with Crippen molar-refractivity contribution < 1.29 is 4.42 Å². The molecule has 0 bridgehead atoms. The number of hydrogen-bond acceptors (Lipinski definition) is 2. The summed E-state index contributed by atoms with van der Waals surface area (Å²) in [5.74, 6) is 0. The van der Waals surface area contributed by atoms with E-state index in [1.807, 2.05) is 24.5 Å². The van der Waals surface area contributed by atoms with Gasteiger partial charge in [0.05, 0.1) is 6.26 Å². The highest BCUT2D eigenvalue weighted by Gasteiger charge is 2.20. The summed E-state index contributed by atoms with van der Waals surface area (Å²) >= 11 is 5.96. The van der Waals surface area contributed by atoms with E-state index in [0.29, 0.717) is 6.04 Å². The lowest BCUT2D eigenvalue weighted by Gasteiger charge is -1.99. The summed E-state index contributed by atoms with van der Waals surface area (Å²) in [6, 6.07) is 6.45. The molecule has 0 atom stereocenters. The maximum atomic E-state index is 5.96. The topological polar surface area (TPSA) is 25.2 Å². The molecular weight excluding hydrogens is 210 g/mol. The van der Waals surface area contributed by atoms with Crippen LogP contribution in [0.25, 0.3) is 11.0 Å². The Morgan fingerprint density at radius 2 is 2.27 bits per heavy atom. The molecule has 0 spiro atoms. The monoisotopic (exact) mass is 221 g/mol. The Kier molecular flexibility index (Phi) is 2.19. The van der Waals surface area contributed by atoms with Crippen molar-refractivity contribution in [1.82, 2.24) is 5.32 Å². The predicted octanol–water partition coefficient (Wildman–Crippen LogP) is 3.34. The smallest absolute Gasteiger partial charge is 0.134 e. The number of halogens is 1. The summed E-state index contributed by atoms with van der Waals surface area (Å²) in [5, 5.41) is 5.35. The Balaban J connectivity index is 1.91. The summed E-state index contributed by atoms with van der Waals surface area (Å²) in [6.07, 6.45) is 4.42. The molecule has 0 unspecified atom stereocenters. The highest BCUT2D eigenvalue weighted by atomic mass is 35.5. The lowest BCUT2D eigenvalue weighted by molar-refractivity contribution is 0.601. The zero-order chi connectivity index (χ0) is 10.3. The van der Waals surface area contributed by atoms with Crippen molar-refractivity contribution in [3.63, 3.8) is 0 Å². The summed E-state index contributed by atoms with van der Waals surface area (Å²) in [6.45, 7) is 0.873. The van der Waals surface area contributed by atoms with Gasteiger partial charge >= 0.3 is 0 Å². The van der Waals surface area contributed by atoms with Gasteiger partial charge in [-0.2, -0.15) is 0 Å². The standard InChI is InChI=1S/C12H12ClNO/c13-9-1-4-12-11(5-9)8(7-15-12)6-14-10-2-3-10/h1,4-5,7,10,14H,2-3,6H2. The summed E-state index contributed by atoms with van der Waals surface area (Å²) in [5.41, 5.74) is 2.10. The van der Waals surface area contributed by atoms with Crippen LogP contribution < -0.4 is 5.32 Å². The third-order valence-corrected chi connectivity index (χ3v) is 3.01. The number of rotatable bonds is 3. The lowest BCUT2D eigenvalue weighted by Crippen LogP contribution is -2.14. The van der Waals surface area contributed by atoms with Crippen LogP contribution in [-0.2, 0) is 6.54 Å². The quantitative estimate of drug-likeness (QED) is 0.860. The molecule has 1 heterocycles. The van der Waals surface area contributed by atoms with Gasteiger partial charge in [0.25, 0.3) is 0 Å². The van der Waals surface area contributed by atoms with Gasteiger partial charge in [0.15, 0.2) is 0 Å². The Morgan fingerprint density at radius 3 is 3.07 bits per heavy atom. The zero-order valence-corrected chi connectivity index (χ0v) is 9.05. The Labute approximate surface area is 93.2 Å². The van der Waals surface area contributed by atoms with Crippen LogP contribution >= 0.6 is 11.6 Å². The Hall–Kier alpha value is -0.990. The predicted molar refractivity (Wildman–Crippen MR) is 61.1 cm³/mol. The first kappa shape index (κ1) is 9.25. The van der Waals surface area contributed by atoms with E-state index in [0.717, 1.165) is 22.5 Å². The van der Waals surface area contributed by atoms with Crippen molar-refractivity contribution in [3.05, 3.63) is 35.0 Å². The molecule has 0 saturated heterocycles. The minimum absolute atomic E-state index is 0.717. The second-order valence-electron chi connectivity index (χ2n) is 4.06. The van der Waals surface area contributed by atoms with E-state index >= 15 is 0 Å². The highest BCUT2D eigenvalue weighted by molar-refractivity contribution is 6.31. The van der Waals surface area contributed by atoms with Gasteiger partial charge in [-0.3, -0.25) is 0 Å². The van der Waals surface area contributed by atoms with E-state index in [2.05, 4.69) is 5.32 Å². The van der Waals surface area contributed by atoms with Gasteiger partial charge < -0.3 is 9.73 Å². The fourth-order valence-corrected chi connectivity index (χ4v) is 1.90. The largest absolute Gasteiger partial charge is 0.464 e. The van der Waals surface area contributed by atoms with Crippen LogP contribution in [0, 0.1) is 0 Å². The highest BCUT2D eigenvalue weighted by Crippen LogP contribution is 2.26. The minimum atomic E-state index is 0.717. The molecule has 1 aromatic heterocycles. The van der Waals surface area contributed by atoms with E-state index in [-0.39, 0.29) is 0 Å². The molecule has 0 amide bonds. The van der Waals surface area contributed by atoms with Crippen LogP contribution in [0.2, 0.25) is 5.02 Å². The van der Waals surface area contributed by atoms with E-state index in [4.69, 9.17) is 16.0 Å². The van der Waals surface area contributed by atoms with Crippen LogP contribution in [0.3, 0.4) is 0 Å². The third-order valence-electron chi connectivity index (χ3n) is 2.77. The molecule has 0 aliphatic heterocycles. The summed E-state index contributed by atoms with van der Waals surface area (Å²) in [7, 11) is 0. The normalized spacial score (nSPS) is 16.1. The Morgan fingerprint density at radius 1 is 1.40 bits per heavy atom. The molecule has 1 saturated carbocycles. The fraction of sp³-hybridized carbons (Fsp3) is 0.333. The van der Waals surface area contributed by atoms with Gasteiger partial charge in [-0.15, -0.1) is 0 Å². The average molecular weight is 222 g/mol. The fourth-order valence-electron chi connectivity index (χ4n) is 1.73. The number of nitrogens with one attached hydrogen (secondary N) is 1. The van der Waals surface area contributed by atoms with Gasteiger partial charge in [-0.1, -0.05) is 11.6 Å². The van der Waals surface area contributed by atoms with Crippen LogP contribution in [0.4, 0.5) is 0 Å². The molecule has 2 aromatic rings. The first-order valence-corrected chi connectivity index (χ1v) is 5.60. The van der Waals surface area contributed by atoms with Crippen LogP contribution in [0.1, 0.15) is 18.4 Å². The van der Waals surface area contributed by atoms with E-state index in [1.165, 1.54) is 18.4 Å². The van der Waals surface area contributed by atoms with E-state index < -0.39 is 0 Å². The second kappa shape index (κ2) is 3.54. The third kappa shape index (κ3) is 1.87. The SMILES string of the molecule is Clc1ccc2occ(CNC3CC3)c2c1. The molecule has 15 heavy (non-hydrogen) atoms. The molecule has 1 N–H and O–H groups in total. The van der Waals surface area contributed by atoms with Gasteiger partial charge in [0.2, 0.25) is 0 Å². The van der Waals surface area contributed by atoms with Crippen molar-refractivity contribution >= 4 is 22.6 Å². The molecule has 3 rings (SSSR count). The molecule has 2 nitrogen and oxygen atoms in total. The zero-order valence-electron chi connectivity index (χ0n) is 8.29. The van der Waals surface area contributed by atoms with Crippen molar-refractivity contribution in [2.45, 2.75) is 25.4 Å². The second-order valence-corrected chi connectivity index (χ2v) is 4.49. The van der Waals surface area contributed by atoms with Gasteiger partial charge in [-0.25, -0.2) is 0 Å². The molecule has 1 aliphatic carbocycles. The van der Waals surface area contributed by atoms with Crippen molar-refractivity contribution in [2.24, 2.45) is 0 Å². The lowest BCUT2D eigenvalue weighted by atomic mass is 10.2. The van der Waals surface area contributed by atoms with E-state index in [1.54, 1.807) is 0 Å². The number of hydrogen-bond donors (Lipinski definition) is 1. The van der Waals surface area contributed by atoms with Crippen LogP contribution in [-0.4, -0.2) is 6.04 Å². The molecule has 1 aromatic carbocycles. The van der Waals surface area contributed by atoms with E-state index in [9.17, 15) is 0 Å². The minimum Gasteiger partial charge on any atom is -0.464 e. The molecule has 3 heteroatoms. The molecule has 1 aliphatic rings. The molecule has 1 fully saturated rings. The summed E-state index contributed by atoms with van der Waals surface area (Å²) < 4.78 is 5.46. The molecule has 78 valence electrons. The maximum Gasteiger partial charge on any atom is 0.134 e. The van der Waals surface area contributed by atoms with Gasteiger partial charge in [0, 0.05) is 28.6 Å². The number of furan rings is 1. The van der Waals surface area contributed by atoms with Crippen LogP contribution in [0.15, 0.2) is 28.9 Å². The maximum absolute atomic E-state index is 5.96. The van der Waals surface area contributed by atoms with Crippen molar-refractivity contribution in [2.75, 3.05) is 0 Å². The molecule has 0 radical (unpaired) electrons. The molecular formula is C12H12ClNO. The summed E-state index contributed by atoms with van der Waals surface area (Å²) in [4.78, 5) is 0. The first-order valence-electron chi connectivity index (χ1n) is 5.22. The van der Waals surface area contributed by atoms with Crippen LogP contribution in [0.5, 0.6) is 0 Å². The van der Waals surface area contributed by atoms with Gasteiger partial charge in [-0.05, 0) is 31.0 Å². The first-order chi connectivity index (χ1) is 7.33. The van der Waals surface area contributed by atoms with Crippen molar-refractivity contribution in [3.8, 4) is 0 Å². The Bertz CT molecular complexity index is 487. The number of fused-ring (bicyclic) bond motifs is 1. The van der Waals surface area contributed by atoms with Crippen molar-refractivity contribution in [1.29, 1.82) is 0 Å².